The maximum absolute atomic E-state index is 8.90. The molecule has 4 nitrogen and oxygen atoms in total. The summed E-state index contributed by atoms with van der Waals surface area (Å²) in [6.45, 7) is 4.50. The third kappa shape index (κ3) is 4.12. The Bertz CT molecular complexity index is 504. The first-order valence-corrected chi connectivity index (χ1v) is 7.61. The highest BCUT2D eigenvalue weighted by Crippen LogP contribution is 2.49. The number of hydrogen-bond acceptors (Lipinski definition) is 4. The molecule has 1 saturated carbocycles. The topological polar surface area (TPSA) is 54.3 Å². The molecule has 0 heterocycles. The molecule has 1 aliphatic rings. The Morgan fingerprint density at radius 2 is 2.19 bits per heavy atom. The minimum Gasteiger partial charge on any atom is -0.493 e. The molecule has 0 saturated heterocycles. The van der Waals surface area contributed by atoms with Crippen molar-refractivity contribution in [3.05, 3.63) is 23.8 Å². The van der Waals surface area contributed by atoms with E-state index in [0.717, 1.165) is 49.4 Å². The predicted molar refractivity (Wildman–Crippen MR) is 82.4 cm³/mol. The summed E-state index contributed by atoms with van der Waals surface area (Å²) in [7, 11) is 1.66. The number of nitrogens with zero attached hydrogens (tertiary/aromatic N) is 1. The van der Waals surface area contributed by atoms with E-state index in [9.17, 15) is 0 Å². The van der Waals surface area contributed by atoms with Crippen LogP contribution in [-0.2, 0) is 6.54 Å². The van der Waals surface area contributed by atoms with Gasteiger partial charge >= 0.3 is 0 Å². The van der Waals surface area contributed by atoms with Crippen molar-refractivity contribution in [2.75, 3.05) is 20.3 Å². The molecular weight excluding hydrogens is 264 g/mol. The van der Waals surface area contributed by atoms with Crippen molar-refractivity contribution in [2.24, 2.45) is 5.41 Å². The summed E-state index contributed by atoms with van der Waals surface area (Å²) in [5.74, 6) is 1.58. The lowest BCUT2D eigenvalue weighted by Crippen LogP contribution is -2.17. The number of methoxy groups -OCH3 is 1. The Labute approximate surface area is 127 Å². The fourth-order valence-electron chi connectivity index (χ4n) is 2.37. The second-order valence-electron chi connectivity index (χ2n) is 5.75. The molecule has 1 aliphatic carbocycles. The van der Waals surface area contributed by atoms with Crippen LogP contribution in [0.15, 0.2) is 18.2 Å². The molecule has 0 aromatic heterocycles. The van der Waals surface area contributed by atoms with Crippen LogP contribution in [0.25, 0.3) is 0 Å². The van der Waals surface area contributed by atoms with Crippen LogP contribution in [0, 0.1) is 16.7 Å². The van der Waals surface area contributed by atoms with E-state index in [0.29, 0.717) is 13.0 Å². The Morgan fingerprint density at radius 3 is 2.81 bits per heavy atom. The smallest absolute Gasteiger partial charge is 0.165 e. The minimum absolute atomic E-state index is 0.0731. The van der Waals surface area contributed by atoms with E-state index >= 15 is 0 Å². The van der Waals surface area contributed by atoms with Gasteiger partial charge in [0.05, 0.1) is 19.8 Å². The normalized spacial score (nSPS) is 15.3. The fourth-order valence-corrected chi connectivity index (χ4v) is 2.37. The average molecular weight is 288 g/mol. The van der Waals surface area contributed by atoms with Gasteiger partial charge in [0.1, 0.15) is 0 Å². The first kappa shape index (κ1) is 15.7. The van der Waals surface area contributed by atoms with Gasteiger partial charge in [-0.15, -0.1) is 0 Å². The summed E-state index contributed by atoms with van der Waals surface area (Å²) in [5, 5.41) is 12.3. The zero-order chi connectivity index (χ0) is 15.1. The van der Waals surface area contributed by atoms with Crippen molar-refractivity contribution in [1.29, 1.82) is 5.26 Å². The zero-order valence-electron chi connectivity index (χ0n) is 12.9. The van der Waals surface area contributed by atoms with Gasteiger partial charge in [0.15, 0.2) is 11.5 Å². The number of rotatable bonds is 9. The van der Waals surface area contributed by atoms with Gasteiger partial charge < -0.3 is 14.8 Å². The van der Waals surface area contributed by atoms with Crippen LogP contribution in [0.3, 0.4) is 0 Å². The number of benzene rings is 1. The molecule has 0 amide bonds. The standard InChI is InChI=1S/C17H24N2O2/c1-3-11-19-12-14-5-4-6-15(20-2)16(14)21-13-17(7-8-17)9-10-18/h4-6,19H,3,7-9,11-13H2,1-2H3. The lowest BCUT2D eigenvalue weighted by molar-refractivity contribution is 0.224. The molecule has 1 fully saturated rings. The second-order valence-corrected chi connectivity index (χ2v) is 5.75. The lowest BCUT2D eigenvalue weighted by atomic mass is 10.1. The SMILES string of the molecule is CCCNCc1cccc(OC)c1OCC1(CC#N)CC1. The van der Waals surface area contributed by atoms with Crippen LogP contribution in [0.5, 0.6) is 11.5 Å². The van der Waals surface area contributed by atoms with Gasteiger partial charge in [-0.05, 0) is 31.9 Å². The molecule has 21 heavy (non-hydrogen) atoms. The molecule has 114 valence electrons. The third-order valence-electron chi connectivity index (χ3n) is 3.96. The Balaban J connectivity index is 2.06. The molecule has 0 radical (unpaired) electrons. The summed E-state index contributed by atoms with van der Waals surface area (Å²) in [4.78, 5) is 0. The second kappa shape index (κ2) is 7.33. The van der Waals surface area contributed by atoms with E-state index in [1.54, 1.807) is 7.11 Å². The molecule has 1 N–H and O–H groups in total. The van der Waals surface area contributed by atoms with Crippen LogP contribution in [0.2, 0.25) is 0 Å². The highest BCUT2D eigenvalue weighted by Gasteiger charge is 2.43. The molecular formula is C17H24N2O2. The molecule has 0 bridgehead atoms. The summed E-state index contributed by atoms with van der Waals surface area (Å²) >= 11 is 0. The predicted octanol–water partition coefficient (Wildman–Crippen LogP) is 3.27. The van der Waals surface area contributed by atoms with Crippen LogP contribution in [0.4, 0.5) is 0 Å². The molecule has 1 aromatic rings. The summed E-state index contributed by atoms with van der Waals surface area (Å²) < 4.78 is 11.5. The first-order valence-electron chi connectivity index (χ1n) is 7.61. The van der Waals surface area contributed by atoms with Gasteiger partial charge in [0.2, 0.25) is 0 Å². The highest BCUT2D eigenvalue weighted by molar-refractivity contribution is 5.46. The zero-order valence-corrected chi connectivity index (χ0v) is 12.9. The van der Waals surface area contributed by atoms with Gasteiger partial charge in [0.25, 0.3) is 0 Å². The van der Waals surface area contributed by atoms with Crippen LogP contribution in [0.1, 0.15) is 38.2 Å². The Kier molecular flexibility index (Phi) is 5.46. The summed E-state index contributed by atoms with van der Waals surface area (Å²) in [5.41, 5.74) is 1.18. The minimum atomic E-state index is 0.0731. The Hall–Kier alpha value is -1.73. The maximum atomic E-state index is 8.90. The summed E-state index contributed by atoms with van der Waals surface area (Å²) in [6.07, 6.45) is 3.84. The van der Waals surface area contributed by atoms with E-state index in [1.165, 1.54) is 0 Å². The first-order chi connectivity index (χ1) is 10.2. The highest BCUT2D eigenvalue weighted by atomic mass is 16.5. The maximum Gasteiger partial charge on any atom is 0.165 e. The largest absolute Gasteiger partial charge is 0.493 e. The molecule has 2 rings (SSSR count). The van der Waals surface area contributed by atoms with Crippen LogP contribution < -0.4 is 14.8 Å². The van der Waals surface area contributed by atoms with Gasteiger partial charge in [-0.1, -0.05) is 19.1 Å². The van der Waals surface area contributed by atoms with Crippen molar-refractivity contribution in [3.63, 3.8) is 0 Å². The molecule has 0 unspecified atom stereocenters. The molecule has 0 spiro atoms. The van der Waals surface area contributed by atoms with Crippen LogP contribution >= 0.6 is 0 Å². The number of nitriles is 1. The van der Waals surface area contributed by atoms with Gasteiger partial charge in [0, 0.05) is 23.9 Å². The summed E-state index contributed by atoms with van der Waals surface area (Å²) in [6, 6.07) is 8.23. The number of hydrogen-bond donors (Lipinski definition) is 1. The Morgan fingerprint density at radius 1 is 1.38 bits per heavy atom. The molecule has 0 aliphatic heterocycles. The van der Waals surface area contributed by atoms with Gasteiger partial charge in [-0.25, -0.2) is 0 Å². The van der Waals surface area contributed by atoms with Crippen molar-refractivity contribution in [3.8, 4) is 17.6 Å². The molecule has 0 atom stereocenters. The fraction of sp³-hybridized carbons (Fsp3) is 0.588. The van der Waals surface area contributed by atoms with Gasteiger partial charge in [-0.3, -0.25) is 0 Å². The van der Waals surface area contributed by atoms with E-state index < -0.39 is 0 Å². The molecule has 4 heteroatoms. The number of nitrogens with one attached hydrogen (secondary N) is 1. The van der Waals surface area contributed by atoms with Crippen molar-refractivity contribution < 1.29 is 9.47 Å². The van der Waals surface area contributed by atoms with E-state index in [1.807, 2.05) is 12.1 Å². The lowest BCUT2D eigenvalue weighted by Gasteiger charge is -2.18. The monoisotopic (exact) mass is 288 g/mol. The molecule has 1 aromatic carbocycles. The van der Waals surface area contributed by atoms with E-state index in [4.69, 9.17) is 14.7 Å². The van der Waals surface area contributed by atoms with Crippen LogP contribution in [-0.4, -0.2) is 20.3 Å². The average Bonchev–Trinajstić information content (AvgIpc) is 3.26. The van der Waals surface area contributed by atoms with Gasteiger partial charge in [-0.2, -0.15) is 5.26 Å². The quantitative estimate of drug-likeness (QED) is 0.709. The third-order valence-corrected chi connectivity index (χ3v) is 3.96. The van der Waals surface area contributed by atoms with E-state index in [-0.39, 0.29) is 5.41 Å². The number of ether oxygens (including phenoxy) is 2. The van der Waals surface area contributed by atoms with E-state index in [2.05, 4.69) is 24.4 Å². The van der Waals surface area contributed by atoms with Crippen molar-refractivity contribution >= 4 is 0 Å². The van der Waals surface area contributed by atoms with Crippen molar-refractivity contribution in [1.82, 2.24) is 5.32 Å². The number of para-hydroxylation sites is 1. The van der Waals surface area contributed by atoms with Crippen molar-refractivity contribution in [2.45, 2.75) is 39.2 Å².